The second-order valence-corrected chi connectivity index (χ2v) is 7.58. The highest BCUT2D eigenvalue weighted by Gasteiger charge is 2.20. The molecule has 0 radical (unpaired) electrons. The summed E-state index contributed by atoms with van der Waals surface area (Å²) in [5.41, 5.74) is 1.67. The Kier molecular flexibility index (Phi) is 7.35. The fourth-order valence-electron chi connectivity index (χ4n) is 3.07. The van der Waals surface area contributed by atoms with Crippen LogP contribution in [0.4, 0.5) is 5.69 Å². The molecule has 1 aliphatic carbocycles. The van der Waals surface area contributed by atoms with Gasteiger partial charge in [0.15, 0.2) is 0 Å². The second-order valence-electron chi connectivity index (χ2n) is 6.21. The third-order valence-corrected chi connectivity index (χ3v) is 5.68. The zero-order valence-corrected chi connectivity index (χ0v) is 16.2. The van der Waals surface area contributed by atoms with Crippen molar-refractivity contribution in [2.24, 2.45) is 7.05 Å². The van der Waals surface area contributed by atoms with Crippen molar-refractivity contribution in [3.63, 3.8) is 0 Å². The zero-order chi connectivity index (χ0) is 16.9. The Bertz CT molecular complexity index is 683. The van der Waals surface area contributed by atoms with Crippen LogP contribution in [0.25, 0.3) is 0 Å². The molecule has 1 aliphatic rings. The maximum Gasteiger partial charge on any atom is 0.246 e. The lowest BCUT2D eigenvalue weighted by molar-refractivity contribution is -0.118. The molecule has 7 heteroatoms. The minimum atomic E-state index is -0.411. The number of rotatable bonds is 6. The molecular weight excluding hydrogens is 356 g/mol. The first-order chi connectivity index (χ1) is 11.7. The van der Waals surface area contributed by atoms with Gasteiger partial charge in [0.1, 0.15) is 6.04 Å². The summed E-state index contributed by atoms with van der Waals surface area (Å²) in [6.07, 6.45) is 8.90. The van der Waals surface area contributed by atoms with E-state index in [-0.39, 0.29) is 18.3 Å². The Morgan fingerprint density at radius 2 is 1.96 bits per heavy atom. The number of aromatic nitrogens is 2. The number of carbonyl (C=O) groups is 1. The van der Waals surface area contributed by atoms with E-state index in [1.54, 1.807) is 17.9 Å². The molecule has 2 aromatic rings. The summed E-state index contributed by atoms with van der Waals surface area (Å²) in [5.74, 6) is -0.0818. The Hall–Kier alpha value is -1.50. The van der Waals surface area contributed by atoms with E-state index in [2.05, 4.69) is 27.9 Å². The molecule has 5 nitrogen and oxygen atoms in total. The number of likely N-dealkylation sites (N-methyl/N-ethyl adjacent to an activating group) is 1. The summed E-state index contributed by atoms with van der Waals surface area (Å²) >= 11 is 1.95. The van der Waals surface area contributed by atoms with E-state index < -0.39 is 6.04 Å². The van der Waals surface area contributed by atoms with Crippen LogP contribution in [-0.4, -0.2) is 28.0 Å². The normalized spacial score (nSPS) is 15.6. The number of hydrogen-bond donors (Lipinski definition) is 2. The van der Waals surface area contributed by atoms with Crippen molar-refractivity contribution in [2.75, 3.05) is 12.4 Å². The number of halogens is 1. The Morgan fingerprint density at radius 3 is 2.52 bits per heavy atom. The van der Waals surface area contributed by atoms with Gasteiger partial charge in [-0.3, -0.25) is 9.48 Å². The Morgan fingerprint density at radius 1 is 1.28 bits per heavy atom. The van der Waals surface area contributed by atoms with Gasteiger partial charge >= 0.3 is 0 Å². The number of nitrogens with one attached hydrogen (secondary N) is 2. The standard InChI is InChI=1S/C18H24N4OS.ClH/c1-19-17(13-11-20-22(2)12-13)18(23)21-14-7-9-16(10-8-14)24-15-5-3-4-6-15;/h7-12,15,17,19H,3-6H2,1-2H3,(H,21,23);1H. The molecule has 1 fully saturated rings. The molecule has 0 spiro atoms. The quantitative estimate of drug-likeness (QED) is 0.800. The van der Waals surface area contributed by atoms with Crippen molar-refractivity contribution in [3.8, 4) is 0 Å². The molecule has 1 heterocycles. The van der Waals surface area contributed by atoms with Crippen LogP contribution in [0.3, 0.4) is 0 Å². The fourth-order valence-corrected chi connectivity index (χ4v) is 4.32. The maximum absolute atomic E-state index is 12.5. The van der Waals surface area contributed by atoms with Gasteiger partial charge in [-0.15, -0.1) is 24.2 Å². The van der Waals surface area contributed by atoms with Crippen molar-refractivity contribution < 1.29 is 4.79 Å². The van der Waals surface area contributed by atoms with Crippen molar-refractivity contribution >= 4 is 35.8 Å². The first-order valence-electron chi connectivity index (χ1n) is 8.39. The van der Waals surface area contributed by atoms with Crippen LogP contribution in [-0.2, 0) is 11.8 Å². The van der Waals surface area contributed by atoms with E-state index >= 15 is 0 Å². The summed E-state index contributed by atoms with van der Waals surface area (Å²) in [4.78, 5) is 13.8. The van der Waals surface area contributed by atoms with Gasteiger partial charge in [-0.05, 0) is 44.2 Å². The van der Waals surface area contributed by atoms with Gasteiger partial charge in [0.05, 0.1) is 6.20 Å². The molecule has 1 saturated carbocycles. The fraction of sp³-hybridized carbons (Fsp3) is 0.444. The Balaban J connectivity index is 0.00000225. The number of nitrogens with zero attached hydrogens (tertiary/aromatic N) is 2. The van der Waals surface area contributed by atoms with Crippen LogP contribution >= 0.6 is 24.2 Å². The van der Waals surface area contributed by atoms with Crippen LogP contribution in [0.15, 0.2) is 41.6 Å². The molecule has 3 rings (SSSR count). The van der Waals surface area contributed by atoms with Crippen molar-refractivity contribution in [2.45, 2.75) is 41.9 Å². The lowest BCUT2D eigenvalue weighted by atomic mass is 10.1. The molecule has 1 amide bonds. The van der Waals surface area contributed by atoms with Crippen LogP contribution in [0.2, 0.25) is 0 Å². The van der Waals surface area contributed by atoms with Crippen LogP contribution in [0, 0.1) is 0 Å². The number of thioether (sulfide) groups is 1. The minimum absolute atomic E-state index is 0. The van der Waals surface area contributed by atoms with Crippen molar-refractivity contribution in [3.05, 3.63) is 42.2 Å². The molecule has 2 N–H and O–H groups in total. The number of benzene rings is 1. The van der Waals surface area contributed by atoms with E-state index in [0.717, 1.165) is 16.5 Å². The molecule has 1 aromatic carbocycles. The van der Waals surface area contributed by atoms with E-state index in [9.17, 15) is 4.79 Å². The summed E-state index contributed by atoms with van der Waals surface area (Å²) in [6, 6.07) is 7.73. The maximum atomic E-state index is 12.5. The van der Waals surface area contributed by atoms with Crippen LogP contribution < -0.4 is 10.6 Å². The number of anilines is 1. The van der Waals surface area contributed by atoms with E-state index in [0.29, 0.717) is 0 Å². The number of hydrogen-bond acceptors (Lipinski definition) is 4. The molecule has 1 unspecified atom stereocenters. The molecule has 0 aliphatic heterocycles. The highest BCUT2D eigenvalue weighted by Crippen LogP contribution is 2.35. The van der Waals surface area contributed by atoms with Crippen LogP contribution in [0.5, 0.6) is 0 Å². The average molecular weight is 381 g/mol. The average Bonchev–Trinajstić information content (AvgIpc) is 3.22. The summed E-state index contributed by atoms with van der Waals surface area (Å²) in [6.45, 7) is 0. The van der Waals surface area contributed by atoms with Gasteiger partial charge in [-0.25, -0.2) is 0 Å². The van der Waals surface area contributed by atoms with Gasteiger partial charge in [0, 0.05) is 34.6 Å². The van der Waals surface area contributed by atoms with E-state index in [1.807, 2.05) is 37.1 Å². The predicted molar refractivity (Wildman–Crippen MR) is 105 cm³/mol. The summed E-state index contributed by atoms with van der Waals surface area (Å²) < 4.78 is 1.70. The molecule has 1 aromatic heterocycles. The third kappa shape index (κ3) is 5.23. The summed E-state index contributed by atoms with van der Waals surface area (Å²) in [5, 5.41) is 10.9. The van der Waals surface area contributed by atoms with Gasteiger partial charge < -0.3 is 10.6 Å². The smallest absolute Gasteiger partial charge is 0.246 e. The molecule has 25 heavy (non-hydrogen) atoms. The SMILES string of the molecule is CNC(C(=O)Nc1ccc(SC2CCCC2)cc1)c1cnn(C)c1.Cl. The molecule has 0 saturated heterocycles. The lowest BCUT2D eigenvalue weighted by Crippen LogP contribution is -2.30. The zero-order valence-electron chi connectivity index (χ0n) is 14.6. The van der Waals surface area contributed by atoms with Gasteiger partial charge in [-0.2, -0.15) is 5.10 Å². The first kappa shape index (κ1) is 19.8. The summed E-state index contributed by atoms with van der Waals surface area (Å²) in [7, 11) is 3.62. The Labute approximate surface area is 159 Å². The van der Waals surface area contributed by atoms with Crippen LogP contribution in [0.1, 0.15) is 37.3 Å². The predicted octanol–water partition coefficient (Wildman–Crippen LogP) is 3.78. The van der Waals surface area contributed by atoms with Crippen molar-refractivity contribution in [1.82, 2.24) is 15.1 Å². The number of amides is 1. The van der Waals surface area contributed by atoms with Crippen molar-refractivity contribution in [1.29, 1.82) is 0 Å². The first-order valence-corrected chi connectivity index (χ1v) is 9.27. The lowest BCUT2D eigenvalue weighted by Gasteiger charge is -2.15. The molecule has 136 valence electrons. The van der Waals surface area contributed by atoms with Gasteiger partial charge in [0.25, 0.3) is 0 Å². The third-order valence-electron chi connectivity index (χ3n) is 4.34. The second kappa shape index (κ2) is 9.27. The molecular formula is C18H25ClN4OS. The topological polar surface area (TPSA) is 59.0 Å². The highest BCUT2D eigenvalue weighted by molar-refractivity contribution is 8.00. The highest BCUT2D eigenvalue weighted by atomic mass is 35.5. The number of aryl methyl sites for hydroxylation is 1. The van der Waals surface area contributed by atoms with E-state index in [1.165, 1.54) is 30.6 Å². The monoisotopic (exact) mass is 380 g/mol. The van der Waals surface area contributed by atoms with E-state index in [4.69, 9.17) is 0 Å². The minimum Gasteiger partial charge on any atom is -0.324 e. The van der Waals surface area contributed by atoms with Gasteiger partial charge in [-0.1, -0.05) is 12.8 Å². The largest absolute Gasteiger partial charge is 0.324 e. The van der Waals surface area contributed by atoms with Gasteiger partial charge in [0.2, 0.25) is 5.91 Å². The number of carbonyl (C=O) groups excluding carboxylic acids is 1. The molecule has 0 bridgehead atoms. The molecule has 1 atom stereocenters.